The Morgan fingerprint density at radius 2 is 1.61 bits per heavy atom. The number of hydrogen-bond acceptors (Lipinski definition) is 4. The van der Waals surface area contributed by atoms with E-state index in [1.807, 2.05) is 0 Å². The van der Waals surface area contributed by atoms with Crippen LogP contribution in [0.4, 0.5) is 5.69 Å². The molecule has 2 aromatic rings. The third kappa shape index (κ3) is 2.58. The Hall–Kier alpha value is -2.92. The molecule has 1 saturated heterocycles. The summed E-state index contributed by atoms with van der Waals surface area (Å²) >= 11 is 5.84. The smallest absolute Gasteiger partial charge is 0.343 e. The summed E-state index contributed by atoms with van der Waals surface area (Å²) in [5.74, 6) is -0.788. The molecule has 0 unspecified atom stereocenters. The number of rotatable bonds is 3. The molecule has 2 amide bonds. The molecule has 2 aromatic carbocycles. The van der Waals surface area contributed by atoms with E-state index in [1.54, 1.807) is 42.5 Å². The topological polar surface area (TPSA) is 63.7 Å². The largest absolute Gasteiger partial charge is 0.423 e. The van der Waals surface area contributed by atoms with Crippen LogP contribution in [0.3, 0.4) is 0 Å². The first-order chi connectivity index (χ1) is 13.5. The lowest BCUT2D eigenvalue weighted by Crippen LogP contribution is -2.33. The summed E-state index contributed by atoms with van der Waals surface area (Å²) in [5.41, 5.74) is 0.681. The first kappa shape index (κ1) is 17.2. The van der Waals surface area contributed by atoms with Gasteiger partial charge in [-0.2, -0.15) is 0 Å². The maximum atomic E-state index is 12.9. The van der Waals surface area contributed by atoms with Crippen molar-refractivity contribution in [1.29, 1.82) is 0 Å². The molecule has 0 N–H and O–H groups in total. The molecule has 0 radical (unpaired) electrons. The number of carbonyl (C=O) groups is 3. The predicted molar refractivity (Wildman–Crippen MR) is 103 cm³/mol. The van der Waals surface area contributed by atoms with Crippen LogP contribution in [0.15, 0.2) is 60.7 Å². The second kappa shape index (κ2) is 6.31. The van der Waals surface area contributed by atoms with E-state index in [0.717, 1.165) is 6.42 Å². The van der Waals surface area contributed by atoms with Crippen molar-refractivity contribution in [3.8, 4) is 5.75 Å². The van der Waals surface area contributed by atoms with Gasteiger partial charge in [-0.3, -0.25) is 9.59 Å². The van der Waals surface area contributed by atoms with Gasteiger partial charge in [0.15, 0.2) is 0 Å². The molecule has 2 aliphatic carbocycles. The van der Waals surface area contributed by atoms with Gasteiger partial charge in [0, 0.05) is 5.02 Å². The summed E-state index contributed by atoms with van der Waals surface area (Å²) in [4.78, 5) is 39.6. The number of nitrogens with zero attached hydrogens (tertiary/aromatic N) is 1. The minimum absolute atomic E-state index is 0.148. The van der Waals surface area contributed by atoms with E-state index in [1.165, 1.54) is 11.0 Å². The number of esters is 1. The standard InChI is InChI=1S/C22H16ClNO4/c23-15-6-8-17(9-7-15)28-22(27)14-2-1-3-16(11-14)24-20(25)18-12-4-5-13(10-12)19(18)21(24)26/h1-9,11-13,18-19H,10H2/t12-,13-,18-,19+/m1/s1. The third-order valence-corrected chi connectivity index (χ3v) is 6.09. The quantitative estimate of drug-likeness (QED) is 0.343. The van der Waals surface area contributed by atoms with Crippen molar-refractivity contribution in [2.75, 3.05) is 4.90 Å². The van der Waals surface area contributed by atoms with Crippen LogP contribution in [0, 0.1) is 23.7 Å². The Morgan fingerprint density at radius 3 is 2.25 bits per heavy atom. The second-order valence-corrected chi connectivity index (χ2v) is 7.84. The zero-order valence-electron chi connectivity index (χ0n) is 14.7. The number of imide groups is 1. The zero-order valence-corrected chi connectivity index (χ0v) is 15.5. The lowest BCUT2D eigenvalue weighted by Gasteiger charge is -2.18. The molecule has 2 bridgehead atoms. The molecule has 0 spiro atoms. The number of hydrogen-bond donors (Lipinski definition) is 0. The Morgan fingerprint density at radius 1 is 0.964 bits per heavy atom. The number of allylic oxidation sites excluding steroid dienone is 2. The summed E-state index contributed by atoms with van der Waals surface area (Å²) in [6, 6.07) is 12.9. The van der Waals surface area contributed by atoms with Crippen LogP contribution >= 0.6 is 11.6 Å². The minimum atomic E-state index is -0.565. The highest BCUT2D eigenvalue weighted by molar-refractivity contribution is 6.30. The molecule has 6 heteroatoms. The van der Waals surface area contributed by atoms with Gasteiger partial charge in [0.25, 0.3) is 0 Å². The molecule has 1 aliphatic heterocycles. The summed E-state index contributed by atoms with van der Waals surface area (Å²) in [5, 5.41) is 0.543. The maximum Gasteiger partial charge on any atom is 0.343 e. The van der Waals surface area contributed by atoms with E-state index >= 15 is 0 Å². The van der Waals surface area contributed by atoms with Crippen LogP contribution < -0.4 is 9.64 Å². The SMILES string of the molecule is O=C(Oc1ccc(Cl)cc1)c1cccc(N2C(=O)[C@@H]3[C@H](C2=O)[C@@H]2C=C[C@@H]3C2)c1. The number of anilines is 1. The van der Waals surface area contributed by atoms with Crippen LogP contribution in [-0.4, -0.2) is 17.8 Å². The molecular weight excluding hydrogens is 378 g/mol. The van der Waals surface area contributed by atoms with Gasteiger partial charge in [0.2, 0.25) is 11.8 Å². The molecule has 1 heterocycles. The predicted octanol–water partition coefficient (Wildman–Crippen LogP) is 3.87. The van der Waals surface area contributed by atoms with Gasteiger partial charge in [0.05, 0.1) is 23.1 Å². The Kier molecular flexibility index (Phi) is 3.88. The highest BCUT2D eigenvalue weighted by atomic mass is 35.5. The molecule has 4 atom stereocenters. The fourth-order valence-corrected chi connectivity index (χ4v) is 4.72. The van der Waals surface area contributed by atoms with Gasteiger partial charge in [-0.1, -0.05) is 29.8 Å². The van der Waals surface area contributed by atoms with Crippen LogP contribution in [0.25, 0.3) is 0 Å². The summed E-state index contributed by atoms with van der Waals surface area (Å²) in [6.45, 7) is 0. The van der Waals surface area contributed by atoms with Crippen molar-refractivity contribution in [2.24, 2.45) is 23.7 Å². The van der Waals surface area contributed by atoms with Gasteiger partial charge < -0.3 is 4.74 Å². The number of benzene rings is 2. The monoisotopic (exact) mass is 393 g/mol. The second-order valence-electron chi connectivity index (χ2n) is 7.41. The molecule has 5 nitrogen and oxygen atoms in total. The molecule has 5 rings (SSSR count). The van der Waals surface area contributed by atoms with Crippen LogP contribution in [-0.2, 0) is 9.59 Å². The normalized spacial score (nSPS) is 27.4. The summed E-state index contributed by atoms with van der Waals surface area (Å²) in [6.07, 6.45) is 4.99. The third-order valence-electron chi connectivity index (χ3n) is 5.83. The first-order valence-electron chi connectivity index (χ1n) is 9.17. The maximum absolute atomic E-state index is 12.9. The van der Waals surface area contributed by atoms with Crippen molar-refractivity contribution < 1.29 is 19.1 Å². The fourth-order valence-electron chi connectivity index (χ4n) is 4.60. The number of fused-ring (bicyclic) bond motifs is 5. The van der Waals surface area contributed by atoms with E-state index < -0.39 is 5.97 Å². The molecule has 140 valence electrons. The minimum Gasteiger partial charge on any atom is -0.423 e. The molecule has 3 aliphatic rings. The van der Waals surface area contributed by atoms with Crippen molar-refractivity contribution in [3.05, 3.63) is 71.3 Å². The van der Waals surface area contributed by atoms with Crippen LogP contribution in [0.1, 0.15) is 16.8 Å². The number of carbonyl (C=O) groups excluding carboxylic acids is 3. The van der Waals surface area contributed by atoms with E-state index in [9.17, 15) is 14.4 Å². The van der Waals surface area contributed by atoms with E-state index in [0.29, 0.717) is 16.5 Å². The van der Waals surface area contributed by atoms with Crippen molar-refractivity contribution >= 4 is 35.1 Å². The average Bonchev–Trinajstić information content (AvgIpc) is 3.37. The Labute approximate surface area is 166 Å². The van der Waals surface area contributed by atoms with Crippen LogP contribution in [0.5, 0.6) is 5.75 Å². The zero-order chi connectivity index (χ0) is 19.4. The van der Waals surface area contributed by atoms with Gasteiger partial charge in [-0.25, -0.2) is 9.69 Å². The summed E-state index contributed by atoms with van der Waals surface area (Å²) < 4.78 is 5.35. The fraction of sp³-hybridized carbons (Fsp3) is 0.227. The lowest BCUT2D eigenvalue weighted by atomic mass is 9.85. The molecule has 2 fully saturated rings. The van der Waals surface area contributed by atoms with Gasteiger partial charge in [0.1, 0.15) is 5.75 Å². The van der Waals surface area contributed by atoms with Gasteiger partial charge in [-0.05, 0) is 60.7 Å². The summed E-state index contributed by atoms with van der Waals surface area (Å²) in [7, 11) is 0. The van der Waals surface area contributed by atoms with Gasteiger partial charge >= 0.3 is 5.97 Å². The van der Waals surface area contributed by atoms with Crippen molar-refractivity contribution in [3.63, 3.8) is 0 Å². The van der Waals surface area contributed by atoms with Crippen molar-refractivity contribution in [1.82, 2.24) is 0 Å². The van der Waals surface area contributed by atoms with E-state index in [4.69, 9.17) is 16.3 Å². The van der Waals surface area contributed by atoms with E-state index in [2.05, 4.69) is 12.2 Å². The molecule has 28 heavy (non-hydrogen) atoms. The molecule has 1 saturated carbocycles. The van der Waals surface area contributed by atoms with E-state index in [-0.39, 0.29) is 41.0 Å². The molecule has 0 aromatic heterocycles. The number of ether oxygens (including phenoxy) is 1. The average molecular weight is 394 g/mol. The van der Waals surface area contributed by atoms with Crippen LogP contribution in [0.2, 0.25) is 5.02 Å². The highest BCUT2D eigenvalue weighted by Crippen LogP contribution is 2.53. The lowest BCUT2D eigenvalue weighted by molar-refractivity contribution is -0.123. The van der Waals surface area contributed by atoms with Crippen molar-refractivity contribution in [2.45, 2.75) is 6.42 Å². The Bertz CT molecular complexity index is 999. The molecular formula is C22H16ClNO4. The number of amides is 2. The number of halogens is 1. The highest BCUT2D eigenvalue weighted by Gasteiger charge is 2.59. The Balaban J connectivity index is 1.40. The first-order valence-corrected chi connectivity index (χ1v) is 9.54. The van der Waals surface area contributed by atoms with Gasteiger partial charge in [-0.15, -0.1) is 0 Å².